The van der Waals surface area contributed by atoms with Crippen molar-refractivity contribution in [2.24, 2.45) is 5.92 Å². The summed E-state index contributed by atoms with van der Waals surface area (Å²) in [6.07, 6.45) is 0.774. The van der Waals surface area contributed by atoms with Gasteiger partial charge in [-0.15, -0.1) is 0 Å². The Kier molecular flexibility index (Phi) is 9.00. The molecule has 2 amide bonds. The average Bonchev–Trinajstić information content (AvgIpc) is 2.91. The number of ether oxygens (including phenoxy) is 2. The summed E-state index contributed by atoms with van der Waals surface area (Å²) >= 11 is 0. The molecular formula is C31H35FN2O4. The Bertz CT molecular complexity index is 1230. The Morgan fingerprint density at radius 3 is 2.50 bits per heavy atom. The van der Waals surface area contributed by atoms with Crippen molar-refractivity contribution >= 4 is 11.8 Å². The van der Waals surface area contributed by atoms with Gasteiger partial charge in [0, 0.05) is 51.0 Å². The molecule has 0 aliphatic carbocycles. The molecule has 3 aromatic rings. The van der Waals surface area contributed by atoms with E-state index in [-0.39, 0.29) is 42.5 Å². The molecule has 6 nitrogen and oxygen atoms in total. The molecule has 0 spiro atoms. The molecule has 2 atom stereocenters. The standard InChI is InChI=1S/C31H35FN2O4/c1-22-9-14-28(37-3)24(17-22)18-31(36)34-16-15-29(38-27-12-10-26(32)11-13-27)25(21-34)19-30(35)33(2)20-23-7-5-4-6-8-23/h4-14,17,25,29H,15-16,18-21H2,1-3H3/t25-,29-/m0/s1. The predicted octanol–water partition coefficient (Wildman–Crippen LogP) is 5.03. The summed E-state index contributed by atoms with van der Waals surface area (Å²) in [5, 5.41) is 0. The zero-order valence-corrected chi connectivity index (χ0v) is 22.2. The number of amides is 2. The zero-order valence-electron chi connectivity index (χ0n) is 22.2. The van der Waals surface area contributed by atoms with Crippen LogP contribution in [0.4, 0.5) is 4.39 Å². The number of carbonyl (C=O) groups excluding carboxylic acids is 2. The first-order valence-corrected chi connectivity index (χ1v) is 12.9. The van der Waals surface area contributed by atoms with Crippen molar-refractivity contribution in [1.82, 2.24) is 9.80 Å². The van der Waals surface area contributed by atoms with Gasteiger partial charge in [-0.05, 0) is 42.8 Å². The molecule has 1 aliphatic heterocycles. The molecule has 3 aromatic carbocycles. The number of rotatable bonds is 9. The summed E-state index contributed by atoms with van der Waals surface area (Å²) in [6.45, 7) is 3.41. The van der Waals surface area contributed by atoms with E-state index in [0.717, 1.165) is 16.7 Å². The number of piperidine rings is 1. The highest BCUT2D eigenvalue weighted by Gasteiger charge is 2.35. The molecule has 0 unspecified atom stereocenters. The van der Waals surface area contributed by atoms with E-state index in [9.17, 15) is 14.0 Å². The lowest BCUT2D eigenvalue weighted by atomic mass is 9.90. The van der Waals surface area contributed by atoms with Crippen molar-refractivity contribution in [3.05, 3.63) is 95.3 Å². The van der Waals surface area contributed by atoms with Crippen LogP contribution in [0.3, 0.4) is 0 Å². The van der Waals surface area contributed by atoms with Gasteiger partial charge in [0.05, 0.1) is 13.5 Å². The van der Waals surface area contributed by atoms with E-state index in [2.05, 4.69) is 0 Å². The highest BCUT2D eigenvalue weighted by Crippen LogP contribution is 2.28. The molecular weight excluding hydrogens is 483 g/mol. The number of hydrogen-bond donors (Lipinski definition) is 0. The molecule has 0 bridgehead atoms. The Balaban J connectivity index is 1.47. The fraction of sp³-hybridized carbons (Fsp3) is 0.355. The average molecular weight is 519 g/mol. The molecule has 0 saturated carbocycles. The topological polar surface area (TPSA) is 59.1 Å². The van der Waals surface area contributed by atoms with E-state index < -0.39 is 0 Å². The smallest absolute Gasteiger partial charge is 0.227 e. The first-order chi connectivity index (χ1) is 18.3. The molecule has 0 radical (unpaired) electrons. The number of benzene rings is 3. The number of halogens is 1. The van der Waals surface area contributed by atoms with Gasteiger partial charge in [-0.3, -0.25) is 9.59 Å². The van der Waals surface area contributed by atoms with Crippen molar-refractivity contribution in [3.63, 3.8) is 0 Å². The first kappa shape index (κ1) is 27.2. The SMILES string of the molecule is COc1ccc(C)cc1CC(=O)N1CC[C@H](Oc2ccc(F)cc2)[C@@H](CC(=O)N(C)Cc2ccccc2)C1. The molecule has 0 N–H and O–H groups in total. The van der Waals surface area contributed by atoms with Crippen LogP contribution in [0, 0.1) is 18.7 Å². The Labute approximate surface area is 224 Å². The van der Waals surface area contributed by atoms with Crippen molar-refractivity contribution in [2.45, 2.75) is 38.8 Å². The number of likely N-dealkylation sites (tertiary alicyclic amines) is 1. The lowest BCUT2D eigenvalue weighted by Gasteiger charge is -2.39. The summed E-state index contributed by atoms with van der Waals surface area (Å²) in [5.41, 5.74) is 2.96. The number of hydrogen-bond acceptors (Lipinski definition) is 4. The molecule has 200 valence electrons. The summed E-state index contributed by atoms with van der Waals surface area (Å²) in [7, 11) is 3.39. The maximum atomic E-state index is 13.4. The van der Waals surface area contributed by atoms with Gasteiger partial charge in [0.25, 0.3) is 0 Å². The van der Waals surface area contributed by atoms with Crippen LogP contribution in [0.1, 0.15) is 29.5 Å². The summed E-state index contributed by atoms with van der Waals surface area (Å²) in [5.74, 6) is 0.676. The molecule has 0 aromatic heterocycles. The third kappa shape index (κ3) is 7.12. The Hall–Kier alpha value is -3.87. The Morgan fingerprint density at radius 1 is 1.05 bits per heavy atom. The van der Waals surface area contributed by atoms with E-state index >= 15 is 0 Å². The minimum atomic E-state index is -0.335. The molecule has 38 heavy (non-hydrogen) atoms. The third-order valence-electron chi connectivity index (χ3n) is 7.02. The lowest BCUT2D eigenvalue weighted by molar-refractivity contribution is -0.138. The van der Waals surface area contributed by atoms with Crippen LogP contribution in [-0.4, -0.2) is 55.0 Å². The highest BCUT2D eigenvalue weighted by atomic mass is 19.1. The summed E-state index contributed by atoms with van der Waals surface area (Å²) in [6, 6.07) is 21.5. The number of carbonyl (C=O) groups is 2. The predicted molar refractivity (Wildman–Crippen MR) is 144 cm³/mol. The summed E-state index contributed by atoms with van der Waals surface area (Å²) in [4.78, 5) is 30.1. The molecule has 1 heterocycles. The van der Waals surface area contributed by atoms with Gasteiger partial charge in [0.2, 0.25) is 11.8 Å². The van der Waals surface area contributed by atoms with E-state index in [0.29, 0.717) is 37.6 Å². The van der Waals surface area contributed by atoms with Crippen LogP contribution < -0.4 is 9.47 Å². The van der Waals surface area contributed by atoms with Crippen molar-refractivity contribution in [1.29, 1.82) is 0 Å². The fourth-order valence-corrected chi connectivity index (χ4v) is 4.92. The van der Waals surface area contributed by atoms with Crippen LogP contribution in [0.15, 0.2) is 72.8 Å². The second kappa shape index (κ2) is 12.6. The Morgan fingerprint density at radius 2 is 1.79 bits per heavy atom. The van der Waals surface area contributed by atoms with Crippen LogP contribution in [0.2, 0.25) is 0 Å². The number of methoxy groups -OCH3 is 1. The van der Waals surface area contributed by atoms with Crippen LogP contribution in [-0.2, 0) is 22.6 Å². The zero-order chi connectivity index (χ0) is 27.1. The number of nitrogens with zero attached hydrogens (tertiary/aromatic N) is 2. The molecule has 1 saturated heterocycles. The molecule has 4 rings (SSSR count). The van der Waals surface area contributed by atoms with Crippen LogP contribution in [0.5, 0.6) is 11.5 Å². The lowest BCUT2D eigenvalue weighted by Crippen LogP contribution is -2.49. The third-order valence-corrected chi connectivity index (χ3v) is 7.02. The molecule has 1 fully saturated rings. The van der Waals surface area contributed by atoms with Gasteiger partial charge >= 0.3 is 0 Å². The van der Waals surface area contributed by atoms with Crippen LogP contribution >= 0.6 is 0 Å². The highest BCUT2D eigenvalue weighted by molar-refractivity contribution is 5.80. The maximum absolute atomic E-state index is 13.4. The van der Waals surface area contributed by atoms with E-state index in [1.54, 1.807) is 31.2 Å². The first-order valence-electron chi connectivity index (χ1n) is 12.9. The van der Waals surface area contributed by atoms with Crippen LogP contribution in [0.25, 0.3) is 0 Å². The summed E-state index contributed by atoms with van der Waals surface area (Å²) < 4.78 is 25.1. The van der Waals surface area contributed by atoms with Gasteiger partial charge in [-0.2, -0.15) is 0 Å². The largest absolute Gasteiger partial charge is 0.496 e. The van der Waals surface area contributed by atoms with Gasteiger partial charge in [-0.1, -0.05) is 48.0 Å². The van der Waals surface area contributed by atoms with Gasteiger partial charge < -0.3 is 19.3 Å². The van der Waals surface area contributed by atoms with E-state index in [1.165, 1.54) is 12.1 Å². The molecule has 7 heteroatoms. The van der Waals surface area contributed by atoms with E-state index in [4.69, 9.17) is 9.47 Å². The fourth-order valence-electron chi connectivity index (χ4n) is 4.92. The number of aryl methyl sites for hydroxylation is 1. The maximum Gasteiger partial charge on any atom is 0.227 e. The minimum Gasteiger partial charge on any atom is -0.496 e. The minimum absolute atomic E-state index is 0.00998. The second-order valence-corrected chi connectivity index (χ2v) is 9.93. The van der Waals surface area contributed by atoms with Gasteiger partial charge in [0.1, 0.15) is 23.4 Å². The normalized spacial score (nSPS) is 17.1. The van der Waals surface area contributed by atoms with E-state index in [1.807, 2.05) is 60.4 Å². The monoisotopic (exact) mass is 518 g/mol. The van der Waals surface area contributed by atoms with Crippen molar-refractivity contribution in [3.8, 4) is 11.5 Å². The van der Waals surface area contributed by atoms with Crippen molar-refractivity contribution in [2.75, 3.05) is 27.2 Å². The second-order valence-electron chi connectivity index (χ2n) is 9.93. The van der Waals surface area contributed by atoms with Crippen molar-refractivity contribution < 1.29 is 23.5 Å². The van der Waals surface area contributed by atoms with Gasteiger partial charge in [-0.25, -0.2) is 4.39 Å². The quantitative estimate of drug-likeness (QED) is 0.399. The molecule has 1 aliphatic rings. The van der Waals surface area contributed by atoms with Gasteiger partial charge in [0.15, 0.2) is 0 Å².